The van der Waals surface area contributed by atoms with Crippen molar-refractivity contribution in [1.82, 2.24) is 25.5 Å². The third kappa shape index (κ3) is 4.07. The number of hydrogen-bond donors (Lipinski definition) is 4. The van der Waals surface area contributed by atoms with E-state index in [-0.39, 0.29) is 5.69 Å². The molecule has 0 aliphatic carbocycles. The Labute approximate surface area is 164 Å². The molecule has 1 aliphatic rings. The molecule has 1 aromatic carbocycles. The average molecular weight is 385 g/mol. The highest BCUT2D eigenvalue weighted by molar-refractivity contribution is 5.98. The number of carbonyl (C=O) groups excluding carboxylic acids is 2. The summed E-state index contributed by atoms with van der Waals surface area (Å²) in [6.45, 7) is 5.07. The monoisotopic (exact) mass is 385 g/mol. The third-order valence-corrected chi connectivity index (χ3v) is 4.84. The number of aromatic nitrogens is 2. The van der Waals surface area contributed by atoms with Crippen LogP contribution in [0.2, 0.25) is 0 Å². The fourth-order valence-electron chi connectivity index (χ4n) is 3.37. The Bertz CT molecular complexity index is 855. The third-order valence-electron chi connectivity index (χ3n) is 4.84. The van der Waals surface area contributed by atoms with E-state index >= 15 is 0 Å². The van der Waals surface area contributed by atoms with Crippen LogP contribution in [0.25, 0.3) is 11.4 Å². The van der Waals surface area contributed by atoms with Crippen LogP contribution in [0, 0.1) is 0 Å². The van der Waals surface area contributed by atoms with Crippen molar-refractivity contribution >= 4 is 11.8 Å². The van der Waals surface area contributed by atoms with Crippen molar-refractivity contribution in [3.05, 3.63) is 41.7 Å². The number of carbonyl (C=O) groups is 2. The number of nitrogens with one attached hydrogen (secondary N) is 3. The molecule has 0 saturated heterocycles. The summed E-state index contributed by atoms with van der Waals surface area (Å²) in [5, 5.41) is 18.8. The molecule has 8 nitrogen and oxygen atoms in total. The number of hydrogen-bond acceptors (Lipinski definition) is 5. The largest absolute Gasteiger partial charge is 0.388 e. The topological polar surface area (TPSA) is 108 Å². The van der Waals surface area contributed by atoms with Gasteiger partial charge in [0.2, 0.25) is 5.91 Å². The number of nitrogens with zero attached hydrogens (tertiary/aromatic N) is 2. The maximum Gasteiger partial charge on any atom is 0.272 e. The molecule has 2 aromatic rings. The molecule has 3 rings (SSSR count). The first-order valence-electron chi connectivity index (χ1n) is 9.43. The normalized spacial score (nSPS) is 15.3. The van der Waals surface area contributed by atoms with Crippen molar-refractivity contribution < 1.29 is 14.7 Å². The quantitative estimate of drug-likeness (QED) is 0.605. The van der Waals surface area contributed by atoms with Gasteiger partial charge in [0.1, 0.15) is 11.9 Å². The van der Waals surface area contributed by atoms with Crippen LogP contribution in [-0.2, 0) is 17.9 Å². The summed E-state index contributed by atoms with van der Waals surface area (Å²) in [6.07, 6.45) is 0.925. The number of amides is 2. The number of aliphatic hydroxyl groups is 1. The maximum absolute atomic E-state index is 13.0. The SMILES string of the molecule is CNC(=O)[C@@H](NC(=O)c1nc(-c2ccccc2)n2c1CNCCC2)C(C)(C)O. The molecule has 2 heterocycles. The van der Waals surface area contributed by atoms with Gasteiger partial charge in [0.25, 0.3) is 5.91 Å². The zero-order valence-corrected chi connectivity index (χ0v) is 16.5. The van der Waals surface area contributed by atoms with Crippen molar-refractivity contribution in [3.63, 3.8) is 0 Å². The number of likely N-dealkylation sites (N-methyl/N-ethyl adjacent to an activating group) is 1. The zero-order valence-electron chi connectivity index (χ0n) is 16.5. The second kappa shape index (κ2) is 8.12. The van der Waals surface area contributed by atoms with Crippen LogP contribution < -0.4 is 16.0 Å². The van der Waals surface area contributed by atoms with Crippen LogP contribution in [0.1, 0.15) is 36.5 Å². The lowest BCUT2D eigenvalue weighted by Crippen LogP contribution is -2.57. The van der Waals surface area contributed by atoms with Crippen LogP contribution in [0.5, 0.6) is 0 Å². The van der Waals surface area contributed by atoms with Gasteiger partial charge in [-0.3, -0.25) is 9.59 Å². The van der Waals surface area contributed by atoms with E-state index in [0.717, 1.165) is 36.6 Å². The summed E-state index contributed by atoms with van der Waals surface area (Å²) in [5.74, 6) is -0.220. The minimum atomic E-state index is -1.42. The Morgan fingerprint density at radius 2 is 2.00 bits per heavy atom. The van der Waals surface area contributed by atoms with Crippen molar-refractivity contribution in [1.29, 1.82) is 0 Å². The lowest BCUT2D eigenvalue weighted by atomic mass is 9.98. The van der Waals surface area contributed by atoms with Crippen LogP contribution >= 0.6 is 0 Å². The molecular formula is C20H27N5O3. The first kappa shape index (κ1) is 20.0. The summed E-state index contributed by atoms with van der Waals surface area (Å²) in [4.78, 5) is 29.8. The minimum absolute atomic E-state index is 0.270. The lowest BCUT2D eigenvalue weighted by molar-refractivity contribution is -0.127. The van der Waals surface area contributed by atoms with Gasteiger partial charge in [-0.25, -0.2) is 4.98 Å². The van der Waals surface area contributed by atoms with E-state index in [9.17, 15) is 14.7 Å². The van der Waals surface area contributed by atoms with Gasteiger partial charge >= 0.3 is 0 Å². The second-order valence-electron chi connectivity index (χ2n) is 7.45. The molecule has 0 saturated carbocycles. The Morgan fingerprint density at radius 3 is 2.64 bits per heavy atom. The van der Waals surface area contributed by atoms with E-state index in [1.165, 1.54) is 20.9 Å². The molecule has 0 spiro atoms. The summed E-state index contributed by atoms with van der Waals surface area (Å²) in [7, 11) is 1.47. The molecule has 8 heteroatoms. The molecule has 1 aromatic heterocycles. The average Bonchev–Trinajstić information content (AvgIpc) is 2.86. The Balaban J connectivity index is 2.00. The standard InChI is InChI=1S/C20H27N5O3/c1-20(2,28)16(19(27)21-3)24-18(26)15-14-12-22-10-7-11-25(14)17(23-15)13-8-5-4-6-9-13/h4-6,8-9,16,22,28H,7,10-12H2,1-3H3,(H,21,27)(H,24,26)/t16-/m1/s1. The molecule has 150 valence electrons. The van der Waals surface area contributed by atoms with Gasteiger partial charge in [-0.2, -0.15) is 0 Å². The van der Waals surface area contributed by atoms with E-state index in [1.807, 2.05) is 30.3 Å². The van der Waals surface area contributed by atoms with Crippen molar-refractivity contribution in [2.45, 2.75) is 45.0 Å². The number of fused-ring (bicyclic) bond motifs is 1. The van der Waals surface area contributed by atoms with Crippen LogP contribution in [0.3, 0.4) is 0 Å². The van der Waals surface area contributed by atoms with E-state index < -0.39 is 23.5 Å². The predicted molar refractivity (Wildman–Crippen MR) is 106 cm³/mol. The molecular weight excluding hydrogens is 358 g/mol. The summed E-state index contributed by atoms with van der Waals surface area (Å²) in [6, 6.07) is 8.62. The first-order valence-corrected chi connectivity index (χ1v) is 9.43. The van der Waals surface area contributed by atoms with Crippen molar-refractivity contribution in [2.75, 3.05) is 13.6 Å². The van der Waals surface area contributed by atoms with E-state index in [2.05, 4.69) is 25.5 Å². The summed E-state index contributed by atoms with van der Waals surface area (Å²) >= 11 is 0. The van der Waals surface area contributed by atoms with Gasteiger partial charge in [0, 0.05) is 25.7 Å². The van der Waals surface area contributed by atoms with Gasteiger partial charge in [-0.1, -0.05) is 30.3 Å². The zero-order chi connectivity index (χ0) is 20.3. The van der Waals surface area contributed by atoms with Crippen LogP contribution in [0.15, 0.2) is 30.3 Å². The van der Waals surface area contributed by atoms with Crippen molar-refractivity contribution in [2.24, 2.45) is 0 Å². The fourth-order valence-corrected chi connectivity index (χ4v) is 3.37. The van der Waals surface area contributed by atoms with Crippen molar-refractivity contribution in [3.8, 4) is 11.4 Å². The molecule has 0 bridgehead atoms. The summed E-state index contributed by atoms with van der Waals surface area (Å²) in [5.41, 5.74) is 0.550. The maximum atomic E-state index is 13.0. The number of benzene rings is 1. The molecule has 2 amide bonds. The highest BCUT2D eigenvalue weighted by Crippen LogP contribution is 2.24. The van der Waals surface area contributed by atoms with Crippen LogP contribution in [0.4, 0.5) is 0 Å². The van der Waals surface area contributed by atoms with E-state index in [0.29, 0.717) is 6.54 Å². The first-order chi connectivity index (χ1) is 13.3. The number of imidazole rings is 1. The number of rotatable bonds is 5. The molecule has 1 aliphatic heterocycles. The Morgan fingerprint density at radius 1 is 1.29 bits per heavy atom. The van der Waals surface area contributed by atoms with Gasteiger partial charge < -0.3 is 25.6 Å². The predicted octanol–water partition coefficient (Wildman–Crippen LogP) is 0.659. The lowest BCUT2D eigenvalue weighted by Gasteiger charge is -2.28. The highest BCUT2D eigenvalue weighted by Gasteiger charge is 2.36. The molecule has 0 radical (unpaired) electrons. The fraction of sp³-hybridized carbons (Fsp3) is 0.450. The Hall–Kier alpha value is -2.71. The molecule has 1 atom stereocenters. The van der Waals surface area contributed by atoms with Gasteiger partial charge in [-0.15, -0.1) is 0 Å². The van der Waals surface area contributed by atoms with Gasteiger partial charge in [0.05, 0.1) is 11.3 Å². The molecule has 4 N–H and O–H groups in total. The molecule has 0 fully saturated rings. The Kier molecular flexibility index (Phi) is 5.81. The van der Waals surface area contributed by atoms with Crippen LogP contribution in [-0.4, -0.2) is 51.7 Å². The highest BCUT2D eigenvalue weighted by atomic mass is 16.3. The molecule has 0 unspecified atom stereocenters. The second-order valence-corrected chi connectivity index (χ2v) is 7.45. The van der Waals surface area contributed by atoms with E-state index in [4.69, 9.17) is 0 Å². The van der Waals surface area contributed by atoms with Gasteiger partial charge in [0.15, 0.2) is 5.69 Å². The van der Waals surface area contributed by atoms with Gasteiger partial charge in [-0.05, 0) is 26.8 Å². The smallest absolute Gasteiger partial charge is 0.272 e. The molecule has 28 heavy (non-hydrogen) atoms. The minimum Gasteiger partial charge on any atom is -0.388 e. The summed E-state index contributed by atoms with van der Waals surface area (Å²) < 4.78 is 2.06. The van der Waals surface area contributed by atoms with E-state index in [1.54, 1.807) is 0 Å².